The number of rotatable bonds is 3. The molecule has 0 heterocycles. The summed E-state index contributed by atoms with van der Waals surface area (Å²) < 4.78 is 0. The van der Waals surface area contributed by atoms with Gasteiger partial charge in [-0.05, 0) is 40.8 Å². The van der Waals surface area contributed by atoms with Crippen LogP contribution in [-0.4, -0.2) is 11.0 Å². The number of phenolic OH excluding ortho intramolecular Hbond substituents is 1. The number of aromatic hydroxyl groups is 1. The molecule has 0 fully saturated rings. The summed E-state index contributed by atoms with van der Waals surface area (Å²) in [6, 6.07) is 12.5. The fourth-order valence-corrected chi connectivity index (χ4v) is 2.12. The van der Waals surface area contributed by atoms with E-state index in [0.29, 0.717) is 11.4 Å². The Kier molecular flexibility index (Phi) is 4.40. The van der Waals surface area contributed by atoms with Crippen molar-refractivity contribution in [3.05, 3.63) is 53.6 Å². The van der Waals surface area contributed by atoms with Crippen molar-refractivity contribution in [3.8, 4) is 5.75 Å². The molecule has 4 heteroatoms. The highest BCUT2D eigenvalue weighted by Gasteiger charge is 2.16. The monoisotopic (exact) mass is 298 g/mol. The van der Waals surface area contributed by atoms with Gasteiger partial charge in [-0.25, -0.2) is 0 Å². The fraction of sp³-hybridized carbons (Fsp3) is 0.278. The standard InChI is InChI=1S/C18H22N2O2/c1-18(2,3)13-6-9-16(21)15(11-13)20-17(22)10-12-4-7-14(19)8-5-12/h4-9,11,21H,10,19H2,1-3H3,(H,20,22). The number of phenols is 1. The minimum Gasteiger partial charge on any atom is -0.506 e. The molecule has 4 nitrogen and oxygen atoms in total. The molecule has 0 aliphatic carbocycles. The summed E-state index contributed by atoms with van der Waals surface area (Å²) in [5.74, 6) is -0.107. The quantitative estimate of drug-likeness (QED) is 0.600. The number of nitrogen functional groups attached to an aromatic ring is 1. The number of hydrogen-bond donors (Lipinski definition) is 3. The van der Waals surface area contributed by atoms with Crippen molar-refractivity contribution in [1.82, 2.24) is 0 Å². The van der Waals surface area contributed by atoms with E-state index in [0.717, 1.165) is 11.1 Å². The van der Waals surface area contributed by atoms with Gasteiger partial charge in [-0.15, -0.1) is 0 Å². The Morgan fingerprint density at radius 1 is 1.14 bits per heavy atom. The van der Waals surface area contributed by atoms with E-state index >= 15 is 0 Å². The number of hydrogen-bond acceptors (Lipinski definition) is 3. The topological polar surface area (TPSA) is 75.3 Å². The first-order valence-corrected chi connectivity index (χ1v) is 7.23. The summed E-state index contributed by atoms with van der Waals surface area (Å²) in [7, 11) is 0. The van der Waals surface area contributed by atoms with E-state index in [1.807, 2.05) is 24.3 Å². The van der Waals surface area contributed by atoms with Crippen LogP contribution in [0, 0.1) is 0 Å². The van der Waals surface area contributed by atoms with Crippen LogP contribution in [0.5, 0.6) is 5.75 Å². The zero-order valence-electron chi connectivity index (χ0n) is 13.2. The molecule has 1 amide bonds. The van der Waals surface area contributed by atoms with E-state index < -0.39 is 0 Å². The lowest BCUT2D eigenvalue weighted by atomic mass is 9.87. The molecule has 0 spiro atoms. The van der Waals surface area contributed by atoms with Crippen molar-refractivity contribution >= 4 is 17.3 Å². The summed E-state index contributed by atoms with van der Waals surface area (Å²) in [5.41, 5.74) is 8.60. The van der Waals surface area contributed by atoms with Gasteiger partial charge in [-0.2, -0.15) is 0 Å². The van der Waals surface area contributed by atoms with Crippen LogP contribution in [0.1, 0.15) is 31.9 Å². The maximum Gasteiger partial charge on any atom is 0.228 e. The van der Waals surface area contributed by atoms with E-state index in [1.54, 1.807) is 18.2 Å². The third-order valence-corrected chi connectivity index (χ3v) is 3.48. The Morgan fingerprint density at radius 3 is 2.36 bits per heavy atom. The fourth-order valence-electron chi connectivity index (χ4n) is 2.12. The number of nitrogens with two attached hydrogens (primary N) is 1. The third-order valence-electron chi connectivity index (χ3n) is 3.48. The third kappa shape index (κ3) is 4.01. The second-order valence-electron chi connectivity index (χ2n) is 6.45. The predicted octanol–water partition coefficient (Wildman–Crippen LogP) is 3.45. The summed E-state index contributed by atoms with van der Waals surface area (Å²) in [5, 5.41) is 12.7. The van der Waals surface area contributed by atoms with Gasteiger partial charge in [0.25, 0.3) is 0 Å². The van der Waals surface area contributed by atoms with Gasteiger partial charge in [0.05, 0.1) is 12.1 Å². The first-order chi connectivity index (χ1) is 10.3. The van der Waals surface area contributed by atoms with Crippen molar-refractivity contribution in [2.24, 2.45) is 0 Å². The minimum atomic E-state index is -0.175. The number of carbonyl (C=O) groups excluding carboxylic acids is 1. The van der Waals surface area contributed by atoms with Crippen LogP contribution in [0.25, 0.3) is 0 Å². The van der Waals surface area contributed by atoms with Gasteiger partial charge < -0.3 is 16.2 Å². The lowest BCUT2D eigenvalue weighted by molar-refractivity contribution is -0.115. The van der Waals surface area contributed by atoms with Crippen molar-refractivity contribution in [1.29, 1.82) is 0 Å². The van der Waals surface area contributed by atoms with E-state index in [2.05, 4.69) is 26.1 Å². The molecular formula is C18H22N2O2. The van der Waals surface area contributed by atoms with Crippen LogP contribution >= 0.6 is 0 Å². The molecule has 0 aliphatic heterocycles. The normalized spacial score (nSPS) is 11.2. The largest absolute Gasteiger partial charge is 0.506 e. The first kappa shape index (κ1) is 15.9. The molecule has 0 radical (unpaired) electrons. The molecule has 22 heavy (non-hydrogen) atoms. The van der Waals surface area contributed by atoms with E-state index in [-0.39, 0.29) is 23.5 Å². The Hall–Kier alpha value is -2.49. The molecular weight excluding hydrogens is 276 g/mol. The molecule has 0 bridgehead atoms. The van der Waals surface area contributed by atoms with Gasteiger partial charge >= 0.3 is 0 Å². The average molecular weight is 298 g/mol. The molecule has 2 rings (SSSR count). The minimum absolute atomic E-state index is 0.0515. The summed E-state index contributed by atoms with van der Waals surface area (Å²) >= 11 is 0. The van der Waals surface area contributed by atoms with Gasteiger partial charge in [0.1, 0.15) is 5.75 Å². The Bertz CT molecular complexity index is 670. The maximum atomic E-state index is 12.1. The number of anilines is 2. The van der Waals surface area contributed by atoms with Gasteiger partial charge in [-0.3, -0.25) is 4.79 Å². The van der Waals surface area contributed by atoms with Gasteiger partial charge in [0.15, 0.2) is 0 Å². The van der Waals surface area contributed by atoms with E-state index in [1.165, 1.54) is 0 Å². The summed E-state index contributed by atoms with van der Waals surface area (Å²) in [4.78, 5) is 12.1. The maximum absolute atomic E-state index is 12.1. The molecule has 0 atom stereocenters. The molecule has 4 N–H and O–H groups in total. The Labute approximate surface area is 131 Å². The zero-order valence-corrected chi connectivity index (χ0v) is 13.2. The number of nitrogens with one attached hydrogen (secondary N) is 1. The average Bonchev–Trinajstić information content (AvgIpc) is 2.42. The smallest absolute Gasteiger partial charge is 0.228 e. The van der Waals surface area contributed by atoms with E-state index in [4.69, 9.17) is 5.73 Å². The SMILES string of the molecule is CC(C)(C)c1ccc(O)c(NC(=O)Cc2ccc(N)cc2)c1. The summed E-state index contributed by atoms with van der Waals surface area (Å²) in [6.45, 7) is 6.25. The molecule has 0 aliphatic rings. The Balaban J connectivity index is 2.12. The number of carbonyl (C=O) groups is 1. The van der Waals surface area contributed by atoms with Gasteiger partial charge in [-0.1, -0.05) is 39.0 Å². The van der Waals surface area contributed by atoms with Crippen LogP contribution in [0.4, 0.5) is 11.4 Å². The second-order valence-corrected chi connectivity index (χ2v) is 6.45. The molecule has 0 saturated heterocycles. The zero-order chi connectivity index (χ0) is 16.3. The number of amides is 1. The Morgan fingerprint density at radius 2 is 1.77 bits per heavy atom. The molecule has 0 unspecified atom stereocenters. The van der Waals surface area contributed by atoms with Crippen molar-refractivity contribution in [3.63, 3.8) is 0 Å². The van der Waals surface area contributed by atoms with Crippen molar-refractivity contribution in [2.75, 3.05) is 11.1 Å². The van der Waals surface area contributed by atoms with Gasteiger partial charge in [0.2, 0.25) is 5.91 Å². The van der Waals surface area contributed by atoms with Crippen LogP contribution in [0.3, 0.4) is 0 Å². The lowest BCUT2D eigenvalue weighted by Gasteiger charge is -2.20. The highest BCUT2D eigenvalue weighted by molar-refractivity contribution is 5.93. The predicted molar refractivity (Wildman–Crippen MR) is 90.0 cm³/mol. The molecule has 0 saturated carbocycles. The van der Waals surface area contributed by atoms with Crippen LogP contribution < -0.4 is 11.1 Å². The van der Waals surface area contributed by atoms with Crippen LogP contribution in [-0.2, 0) is 16.6 Å². The van der Waals surface area contributed by atoms with Crippen molar-refractivity contribution in [2.45, 2.75) is 32.6 Å². The first-order valence-electron chi connectivity index (χ1n) is 7.23. The van der Waals surface area contributed by atoms with Crippen molar-refractivity contribution < 1.29 is 9.90 Å². The summed E-state index contributed by atoms with van der Waals surface area (Å²) in [6.07, 6.45) is 0.236. The van der Waals surface area contributed by atoms with Gasteiger partial charge in [0, 0.05) is 5.69 Å². The van der Waals surface area contributed by atoms with Crippen LogP contribution in [0.2, 0.25) is 0 Å². The highest BCUT2D eigenvalue weighted by Crippen LogP contribution is 2.30. The molecule has 116 valence electrons. The lowest BCUT2D eigenvalue weighted by Crippen LogP contribution is -2.16. The second kappa shape index (κ2) is 6.10. The number of benzene rings is 2. The highest BCUT2D eigenvalue weighted by atomic mass is 16.3. The van der Waals surface area contributed by atoms with E-state index in [9.17, 15) is 9.90 Å². The molecule has 2 aromatic carbocycles. The van der Waals surface area contributed by atoms with Crippen LogP contribution in [0.15, 0.2) is 42.5 Å². The molecule has 2 aromatic rings. The molecule has 0 aromatic heterocycles.